The third kappa shape index (κ3) is 8.51. The molecular weight excluding hydrogens is 332 g/mol. The third-order valence-electron chi connectivity index (χ3n) is 4.34. The summed E-state index contributed by atoms with van der Waals surface area (Å²) >= 11 is 0. The number of rotatable bonds is 8. The van der Waals surface area contributed by atoms with Crippen LogP contribution >= 0.6 is 0 Å². The fourth-order valence-corrected chi connectivity index (χ4v) is 2.63. The number of piperidine rings is 1. The number of hydrogen-bond acceptors (Lipinski definition) is 4. The minimum atomic E-state index is -0.00472. The normalized spacial score (nSPS) is 16.5. The van der Waals surface area contributed by atoms with Crippen LogP contribution in [0.3, 0.4) is 0 Å². The molecular formula is C18H36N6O2. The Labute approximate surface area is 157 Å². The molecule has 1 rings (SSSR count). The van der Waals surface area contributed by atoms with Gasteiger partial charge < -0.3 is 20.9 Å². The van der Waals surface area contributed by atoms with Crippen LogP contribution < -0.4 is 16.0 Å². The van der Waals surface area contributed by atoms with Crippen LogP contribution in [-0.2, 0) is 9.59 Å². The van der Waals surface area contributed by atoms with E-state index in [1.165, 1.54) is 0 Å². The molecule has 0 saturated carbocycles. The highest BCUT2D eigenvalue weighted by atomic mass is 16.2. The molecule has 8 nitrogen and oxygen atoms in total. The fourth-order valence-electron chi connectivity index (χ4n) is 2.63. The van der Waals surface area contributed by atoms with Gasteiger partial charge in [0, 0.05) is 52.2 Å². The summed E-state index contributed by atoms with van der Waals surface area (Å²) < 4.78 is 0. The van der Waals surface area contributed by atoms with Gasteiger partial charge in [0.15, 0.2) is 5.96 Å². The van der Waals surface area contributed by atoms with Crippen molar-refractivity contribution in [3.8, 4) is 0 Å². The molecule has 0 aromatic carbocycles. The smallest absolute Gasteiger partial charge is 0.236 e. The van der Waals surface area contributed by atoms with E-state index in [1.807, 2.05) is 20.8 Å². The van der Waals surface area contributed by atoms with Gasteiger partial charge in [-0.2, -0.15) is 0 Å². The van der Waals surface area contributed by atoms with Crippen LogP contribution in [0.25, 0.3) is 0 Å². The molecule has 26 heavy (non-hydrogen) atoms. The molecule has 0 bridgehead atoms. The minimum Gasteiger partial charge on any atom is -0.357 e. The summed E-state index contributed by atoms with van der Waals surface area (Å²) in [5.74, 6) is 0.983. The number of carbonyl (C=O) groups excluding carboxylic acids is 2. The Morgan fingerprint density at radius 3 is 2.38 bits per heavy atom. The average Bonchev–Trinajstić information content (AvgIpc) is 2.59. The van der Waals surface area contributed by atoms with Gasteiger partial charge in [0.25, 0.3) is 0 Å². The van der Waals surface area contributed by atoms with Gasteiger partial charge in [-0.1, -0.05) is 13.8 Å². The number of nitrogens with one attached hydrogen (secondary N) is 3. The fraction of sp³-hybridized carbons (Fsp3) is 0.833. The number of amides is 2. The zero-order valence-electron chi connectivity index (χ0n) is 17.0. The van der Waals surface area contributed by atoms with E-state index in [0.717, 1.165) is 38.4 Å². The summed E-state index contributed by atoms with van der Waals surface area (Å²) in [6.45, 7) is 9.97. The van der Waals surface area contributed by atoms with Gasteiger partial charge in [-0.15, -0.1) is 0 Å². The first-order chi connectivity index (χ1) is 12.3. The zero-order valence-corrected chi connectivity index (χ0v) is 17.0. The van der Waals surface area contributed by atoms with Crippen LogP contribution in [0.2, 0.25) is 0 Å². The molecule has 3 N–H and O–H groups in total. The minimum absolute atomic E-state index is 0.00472. The van der Waals surface area contributed by atoms with Gasteiger partial charge in [-0.05, 0) is 19.8 Å². The molecule has 8 heteroatoms. The summed E-state index contributed by atoms with van der Waals surface area (Å²) in [6.07, 6.45) is 1.96. The van der Waals surface area contributed by atoms with Gasteiger partial charge in [0.1, 0.15) is 0 Å². The number of likely N-dealkylation sites (N-methyl/N-ethyl adjacent to an activating group) is 1. The van der Waals surface area contributed by atoms with Crippen LogP contribution in [0.5, 0.6) is 0 Å². The lowest BCUT2D eigenvalue weighted by Crippen LogP contribution is -2.50. The van der Waals surface area contributed by atoms with E-state index in [1.54, 1.807) is 19.0 Å². The Morgan fingerprint density at radius 1 is 1.19 bits per heavy atom. The quantitative estimate of drug-likeness (QED) is 0.315. The Balaban J connectivity index is 2.37. The van der Waals surface area contributed by atoms with E-state index in [0.29, 0.717) is 25.7 Å². The van der Waals surface area contributed by atoms with E-state index < -0.39 is 0 Å². The van der Waals surface area contributed by atoms with Gasteiger partial charge >= 0.3 is 0 Å². The van der Waals surface area contributed by atoms with Crippen molar-refractivity contribution in [1.29, 1.82) is 0 Å². The summed E-state index contributed by atoms with van der Waals surface area (Å²) in [5.41, 5.74) is 0. The van der Waals surface area contributed by atoms with Gasteiger partial charge in [0.05, 0.1) is 13.1 Å². The van der Waals surface area contributed by atoms with E-state index in [9.17, 15) is 9.59 Å². The van der Waals surface area contributed by atoms with Crippen LogP contribution in [-0.4, -0.2) is 87.0 Å². The average molecular weight is 369 g/mol. The first kappa shape index (κ1) is 22.2. The molecule has 1 fully saturated rings. The molecule has 1 aliphatic rings. The number of likely N-dealkylation sites (tertiary alicyclic amines) is 1. The second-order valence-corrected chi connectivity index (χ2v) is 7.19. The number of guanidine groups is 1. The van der Waals surface area contributed by atoms with Crippen molar-refractivity contribution in [2.75, 3.05) is 53.4 Å². The Morgan fingerprint density at radius 2 is 1.85 bits per heavy atom. The van der Waals surface area contributed by atoms with Crippen molar-refractivity contribution in [1.82, 2.24) is 25.8 Å². The highest BCUT2D eigenvalue weighted by Gasteiger charge is 2.21. The molecule has 0 aromatic heterocycles. The molecule has 0 atom stereocenters. The number of aliphatic imine (C=N–C) groups is 1. The number of nitrogens with zero attached hydrogens (tertiary/aromatic N) is 3. The Hall–Kier alpha value is -1.83. The third-order valence-corrected chi connectivity index (χ3v) is 4.34. The lowest BCUT2D eigenvalue weighted by Gasteiger charge is -2.33. The second-order valence-electron chi connectivity index (χ2n) is 7.19. The predicted molar refractivity (Wildman–Crippen MR) is 105 cm³/mol. The number of carbonyl (C=O) groups is 2. The van der Waals surface area contributed by atoms with Crippen LogP contribution in [0.15, 0.2) is 4.99 Å². The summed E-state index contributed by atoms with van der Waals surface area (Å²) in [4.78, 5) is 31.7. The van der Waals surface area contributed by atoms with E-state index in [2.05, 4.69) is 25.8 Å². The molecule has 0 spiro atoms. The Bertz CT molecular complexity index is 470. The lowest BCUT2D eigenvalue weighted by atomic mass is 10.1. The van der Waals surface area contributed by atoms with Crippen LogP contribution in [0.4, 0.5) is 0 Å². The molecule has 150 valence electrons. The lowest BCUT2D eigenvalue weighted by molar-refractivity contribution is -0.130. The van der Waals surface area contributed by atoms with Crippen molar-refractivity contribution in [2.24, 2.45) is 10.9 Å². The van der Waals surface area contributed by atoms with Gasteiger partial charge in [-0.3, -0.25) is 19.5 Å². The monoisotopic (exact) mass is 368 g/mol. The molecule has 1 aliphatic heterocycles. The summed E-state index contributed by atoms with van der Waals surface area (Å²) in [5, 5.41) is 9.59. The topological polar surface area (TPSA) is 89.1 Å². The van der Waals surface area contributed by atoms with Gasteiger partial charge in [-0.25, -0.2) is 0 Å². The van der Waals surface area contributed by atoms with E-state index >= 15 is 0 Å². The van der Waals surface area contributed by atoms with E-state index in [-0.39, 0.29) is 17.7 Å². The molecule has 0 aliphatic carbocycles. The molecule has 1 saturated heterocycles. The highest BCUT2D eigenvalue weighted by molar-refractivity contribution is 5.80. The largest absolute Gasteiger partial charge is 0.357 e. The van der Waals surface area contributed by atoms with Crippen molar-refractivity contribution < 1.29 is 9.59 Å². The maximum absolute atomic E-state index is 11.8. The Kier molecular flexibility index (Phi) is 10.0. The van der Waals surface area contributed by atoms with Crippen molar-refractivity contribution in [3.63, 3.8) is 0 Å². The zero-order chi connectivity index (χ0) is 19.5. The molecule has 0 aromatic rings. The van der Waals surface area contributed by atoms with Crippen LogP contribution in [0, 0.1) is 5.92 Å². The predicted octanol–water partition coefficient (Wildman–Crippen LogP) is -0.134. The highest BCUT2D eigenvalue weighted by Crippen LogP contribution is 2.10. The first-order valence-corrected chi connectivity index (χ1v) is 9.58. The molecule has 1 heterocycles. The van der Waals surface area contributed by atoms with E-state index in [4.69, 9.17) is 0 Å². The van der Waals surface area contributed by atoms with Crippen molar-refractivity contribution in [2.45, 2.75) is 39.7 Å². The summed E-state index contributed by atoms with van der Waals surface area (Å²) in [7, 11) is 3.58. The van der Waals surface area contributed by atoms with Gasteiger partial charge in [0.2, 0.25) is 11.8 Å². The standard InChI is InChI=1S/C18H36N6O2/c1-6-19-18(21-10-9-20-17(26)14(2)3)22-15-7-11-24(12-8-15)13-16(25)23(4)5/h14-15H,6-13H2,1-5H3,(H,20,26)(H2,19,21,22). The first-order valence-electron chi connectivity index (χ1n) is 9.58. The van der Waals surface area contributed by atoms with Crippen molar-refractivity contribution in [3.05, 3.63) is 0 Å². The maximum Gasteiger partial charge on any atom is 0.236 e. The SMILES string of the molecule is CCNC(=NCCNC(=O)C(C)C)NC1CCN(CC(=O)N(C)C)CC1. The molecule has 0 radical (unpaired) electrons. The molecule has 2 amide bonds. The number of hydrogen-bond donors (Lipinski definition) is 3. The van der Waals surface area contributed by atoms with Crippen molar-refractivity contribution >= 4 is 17.8 Å². The molecule has 0 unspecified atom stereocenters. The van der Waals surface area contributed by atoms with Crippen LogP contribution in [0.1, 0.15) is 33.6 Å². The maximum atomic E-state index is 11.8. The second kappa shape index (κ2) is 11.7. The summed E-state index contributed by atoms with van der Waals surface area (Å²) in [6, 6.07) is 0.351.